The highest BCUT2D eigenvalue weighted by Gasteiger charge is 2.23. The number of carbonyl (C=O) groups is 1. The number of carboxylic acids is 1. The van der Waals surface area contributed by atoms with E-state index in [0.29, 0.717) is 18.7 Å². The molecule has 32 heavy (non-hydrogen) atoms. The number of imidazole rings is 1. The van der Waals surface area contributed by atoms with E-state index in [2.05, 4.69) is 35.4 Å². The molecule has 0 aliphatic carbocycles. The van der Waals surface area contributed by atoms with Crippen LogP contribution in [-0.4, -0.2) is 51.9 Å². The molecule has 0 unspecified atom stereocenters. The van der Waals surface area contributed by atoms with Gasteiger partial charge >= 0.3 is 5.97 Å². The quantitative estimate of drug-likeness (QED) is 0.520. The largest absolute Gasteiger partial charge is 0.478 e. The van der Waals surface area contributed by atoms with Gasteiger partial charge in [-0.2, -0.15) is 0 Å². The maximum atomic E-state index is 12.2. The van der Waals surface area contributed by atoms with Crippen LogP contribution in [0.25, 0.3) is 27.6 Å². The zero-order valence-corrected chi connectivity index (χ0v) is 18.6. The third-order valence-electron chi connectivity index (χ3n) is 6.28. The van der Waals surface area contributed by atoms with Gasteiger partial charge in [0.15, 0.2) is 0 Å². The van der Waals surface area contributed by atoms with Crippen LogP contribution in [-0.2, 0) is 11.2 Å². The molecule has 1 N–H and O–H groups in total. The maximum Gasteiger partial charge on any atom is 0.338 e. The molecular formula is C25H26N4O3. The normalized spacial score (nSPS) is 14.4. The van der Waals surface area contributed by atoms with Crippen LogP contribution in [0, 0.1) is 13.8 Å². The Morgan fingerprint density at radius 2 is 1.88 bits per heavy atom. The van der Waals surface area contributed by atoms with E-state index in [9.17, 15) is 9.90 Å². The van der Waals surface area contributed by atoms with Crippen LogP contribution in [0.4, 0.5) is 5.69 Å². The molecule has 1 saturated heterocycles. The van der Waals surface area contributed by atoms with Gasteiger partial charge in [-0.3, -0.25) is 9.55 Å². The Bertz CT molecular complexity index is 1350. The van der Waals surface area contributed by atoms with Crippen molar-refractivity contribution in [1.29, 1.82) is 0 Å². The first-order valence-electron chi connectivity index (χ1n) is 11.0. The lowest BCUT2D eigenvalue weighted by molar-refractivity contribution is 0.0699. The molecule has 0 atom stereocenters. The first kappa shape index (κ1) is 20.5. The van der Waals surface area contributed by atoms with Crippen molar-refractivity contribution in [3.8, 4) is 5.69 Å². The average Bonchev–Trinajstić information content (AvgIpc) is 3.14. The molecule has 0 bridgehead atoms. The topological polar surface area (TPSA) is 80.5 Å². The summed E-state index contributed by atoms with van der Waals surface area (Å²) in [5.74, 6) is -0.219. The molecule has 1 aliphatic heterocycles. The van der Waals surface area contributed by atoms with E-state index in [-0.39, 0.29) is 5.56 Å². The molecule has 3 heterocycles. The fourth-order valence-electron chi connectivity index (χ4n) is 4.70. The van der Waals surface area contributed by atoms with E-state index < -0.39 is 5.97 Å². The van der Waals surface area contributed by atoms with Gasteiger partial charge in [0.2, 0.25) is 0 Å². The second-order valence-corrected chi connectivity index (χ2v) is 8.16. The molecule has 164 valence electrons. The van der Waals surface area contributed by atoms with Crippen LogP contribution >= 0.6 is 0 Å². The van der Waals surface area contributed by atoms with Crippen molar-refractivity contribution in [3.63, 3.8) is 0 Å². The first-order chi connectivity index (χ1) is 15.5. The van der Waals surface area contributed by atoms with E-state index in [4.69, 9.17) is 14.7 Å². The van der Waals surface area contributed by atoms with Crippen LogP contribution in [0.1, 0.15) is 34.4 Å². The van der Waals surface area contributed by atoms with Crippen LogP contribution in [0.2, 0.25) is 0 Å². The summed E-state index contributed by atoms with van der Waals surface area (Å²) in [4.78, 5) is 23.9. The lowest BCUT2D eigenvalue weighted by Crippen LogP contribution is -2.36. The highest BCUT2D eigenvalue weighted by atomic mass is 16.5. The monoisotopic (exact) mass is 430 g/mol. The Balaban J connectivity index is 1.86. The van der Waals surface area contributed by atoms with E-state index in [1.807, 2.05) is 25.1 Å². The van der Waals surface area contributed by atoms with E-state index in [1.54, 1.807) is 6.07 Å². The Hall–Kier alpha value is -3.45. The van der Waals surface area contributed by atoms with E-state index in [1.165, 1.54) is 0 Å². The average molecular weight is 431 g/mol. The minimum absolute atomic E-state index is 0.220. The number of aromatic carboxylic acids is 1. The van der Waals surface area contributed by atoms with Crippen LogP contribution < -0.4 is 4.90 Å². The number of aryl methyl sites for hydroxylation is 2. The molecule has 4 aromatic rings. The number of nitrogens with zero attached hydrogens (tertiary/aromatic N) is 4. The number of aromatic nitrogens is 3. The number of fused-ring (bicyclic) bond motifs is 2. The van der Waals surface area contributed by atoms with Crippen LogP contribution in [0.5, 0.6) is 0 Å². The van der Waals surface area contributed by atoms with Crippen LogP contribution in [0.15, 0.2) is 36.4 Å². The minimum Gasteiger partial charge on any atom is -0.478 e. The second kappa shape index (κ2) is 7.91. The van der Waals surface area contributed by atoms with Gasteiger partial charge in [0.25, 0.3) is 0 Å². The van der Waals surface area contributed by atoms with Gasteiger partial charge in [0, 0.05) is 29.9 Å². The Morgan fingerprint density at radius 1 is 1.12 bits per heavy atom. The van der Waals surface area contributed by atoms with Crippen molar-refractivity contribution >= 4 is 33.6 Å². The molecular weight excluding hydrogens is 404 g/mol. The summed E-state index contributed by atoms with van der Waals surface area (Å²) in [6, 6.07) is 11.9. The number of pyridine rings is 1. The van der Waals surface area contributed by atoms with E-state index in [0.717, 1.165) is 64.4 Å². The van der Waals surface area contributed by atoms with Crippen LogP contribution in [0.3, 0.4) is 0 Å². The molecule has 0 radical (unpaired) electrons. The van der Waals surface area contributed by atoms with Crippen molar-refractivity contribution in [1.82, 2.24) is 14.5 Å². The number of ether oxygens (including phenoxy) is 1. The third kappa shape index (κ3) is 3.20. The number of benzene rings is 2. The highest BCUT2D eigenvalue weighted by Crippen LogP contribution is 2.34. The number of morpholine rings is 1. The summed E-state index contributed by atoms with van der Waals surface area (Å²) in [7, 11) is 0. The molecule has 0 spiro atoms. The van der Waals surface area contributed by atoms with E-state index >= 15 is 0 Å². The van der Waals surface area contributed by atoms with Gasteiger partial charge in [0.1, 0.15) is 11.3 Å². The summed E-state index contributed by atoms with van der Waals surface area (Å²) in [6.07, 6.45) is 0.814. The molecule has 7 nitrogen and oxygen atoms in total. The van der Waals surface area contributed by atoms with Gasteiger partial charge in [-0.1, -0.05) is 25.1 Å². The Labute approximate surface area is 186 Å². The predicted molar refractivity (Wildman–Crippen MR) is 125 cm³/mol. The molecule has 2 aromatic heterocycles. The number of carboxylic acid groups (broad SMARTS) is 1. The summed E-state index contributed by atoms with van der Waals surface area (Å²) in [5, 5.41) is 11.0. The van der Waals surface area contributed by atoms with Gasteiger partial charge in [0.05, 0.1) is 35.5 Å². The SMILES string of the molecule is CCc1nc2ccccc2c(-n2c(C)nc3c(C(=O)O)cc(N4CCOCC4)cc32)c1C. The fraction of sp³-hybridized carbons (Fsp3) is 0.320. The maximum absolute atomic E-state index is 12.2. The molecule has 2 aromatic carbocycles. The Morgan fingerprint density at radius 3 is 2.59 bits per heavy atom. The Kier molecular flexibility index (Phi) is 5.06. The highest BCUT2D eigenvalue weighted by molar-refractivity contribution is 6.04. The third-order valence-corrected chi connectivity index (χ3v) is 6.28. The molecule has 1 aliphatic rings. The number of para-hydroxylation sites is 1. The van der Waals surface area contributed by atoms with Gasteiger partial charge in [-0.25, -0.2) is 9.78 Å². The standard InChI is InChI=1S/C25H26N4O3/c1-4-20-15(2)24(18-7-5-6-8-21(18)27-20)29-16(3)26-23-19(25(30)31)13-17(14-22(23)29)28-9-11-32-12-10-28/h5-8,13-14H,4,9-12H2,1-3H3,(H,30,31). The predicted octanol–water partition coefficient (Wildman–Crippen LogP) is 4.29. The molecule has 0 saturated carbocycles. The summed E-state index contributed by atoms with van der Waals surface area (Å²) >= 11 is 0. The number of anilines is 1. The second-order valence-electron chi connectivity index (χ2n) is 8.16. The molecule has 7 heteroatoms. The molecule has 0 amide bonds. The number of hydrogen-bond acceptors (Lipinski definition) is 5. The van der Waals surface area contributed by atoms with Gasteiger partial charge in [-0.05, 0) is 44.0 Å². The van der Waals surface area contributed by atoms with Crippen molar-refractivity contribution in [2.45, 2.75) is 27.2 Å². The molecule has 5 rings (SSSR count). The summed E-state index contributed by atoms with van der Waals surface area (Å²) in [6.45, 7) is 8.85. The first-order valence-corrected chi connectivity index (χ1v) is 11.0. The van der Waals surface area contributed by atoms with Crippen molar-refractivity contribution in [2.24, 2.45) is 0 Å². The van der Waals surface area contributed by atoms with Crippen molar-refractivity contribution in [3.05, 3.63) is 59.0 Å². The lowest BCUT2D eigenvalue weighted by Gasteiger charge is -2.29. The zero-order valence-electron chi connectivity index (χ0n) is 18.6. The lowest BCUT2D eigenvalue weighted by atomic mass is 10.0. The van der Waals surface area contributed by atoms with Gasteiger partial charge in [-0.15, -0.1) is 0 Å². The minimum atomic E-state index is -0.972. The molecule has 1 fully saturated rings. The fourth-order valence-corrected chi connectivity index (χ4v) is 4.70. The van der Waals surface area contributed by atoms with Crippen molar-refractivity contribution in [2.75, 3.05) is 31.2 Å². The van der Waals surface area contributed by atoms with Crippen molar-refractivity contribution < 1.29 is 14.6 Å². The van der Waals surface area contributed by atoms with Gasteiger partial charge < -0.3 is 14.7 Å². The summed E-state index contributed by atoms with van der Waals surface area (Å²) in [5.41, 5.74) is 6.46. The smallest absolute Gasteiger partial charge is 0.338 e. The number of rotatable bonds is 4. The zero-order chi connectivity index (χ0) is 22.4. The summed E-state index contributed by atoms with van der Waals surface area (Å²) < 4.78 is 7.59. The number of hydrogen-bond donors (Lipinski definition) is 1.